The molecule has 2 aliphatic heterocycles. The first-order chi connectivity index (χ1) is 13.1. The number of aliphatic imine (C=N–C) groups is 1. The van der Waals surface area contributed by atoms with E-state index in [4.69, 9.17) is 4.74 Å². The van der Waals surface area contributed by atoms with Gasteiger partial charge < -0.3 is 19.9 Å². The molecule has 2 aliphatic rings. The van der Waals surface area contributed by atoms with E-state index in [1.807, 2.05) is 11.9 Å². The number of benzene rings is 1. The van der Waals surface area contributed by atoms with E-state index < -0.39 is 0 Å². The summed E-state index contributed by atoms with van der Waals surface area (Å²) in [7, 11) is 1.82. The van der Waals surface area contributed by atoms with Crippen molar-refractivity contribution in [2.75, 3.05) is 46.4 Å². The molecule has 0 spiro atoms. The number of rotatable bonds is 4. The Balaban J connectivity index is 1.48. The first-order valence-corrected chi connectivity index (χ1v) is 10.0. The highest BCUT2D eigenvalue weighted by Crippen LogP contribution is 2.17. The summed E-state index contributed by atoms with van der Waals surface area (Å²) in [5.74, 6) is 1.48. The second-order valence-electron chi connectivity index (χ2n) is 7.56. The molecular weight excluding hydrogens is 340 g/mol. The van der Waals surface area contributed by atoms with Crippen LogP contribution in [0.2, 0.25) is 0 Å². The molecule has 2 heterocycles. The van der Waals surface area contributed by atoms with Crippen LogP contribution in [-0.4, -0.2) is 74.1 Å². The average Bonchev–Trinajstić information content (AvgIpc) is 3.23. The summed E-state index contributed by atoms with van der Waals surface area (Å²) in [5, 5.41) is 3.50. The van der Waals surface area contributed by atoms with Crippen LogP contribution in [0.15, 0.2) is 29.3 Å². The Kier molecular flexibility index (Phi) is 6.72. The molecule has 2 atom stereocenters. The van der Waals surface area contributed by atoms with Crippen LogP contribution in [0.4, 0.5) is 0 Å². The summed E-state index contributed by atoms with van der Waals surface area (Å²) < 4.78 is 5.54. The Morgan fingerprint density at radius 1 is 1.30 bits per heavy atom. The fourth-order valence-corrected chi connectivity index (χ4v) is 3.79. The summed E-state index contributed by atoms with van der Waals surface area (Å²) in [6.07, 6.45) is 1.63. The standard InChI is InChI=1S/C21H32N4O2/c1-16-6-4-7-18(14-16)17(2)15-23-21(22-3)25-11-9-24(10-12-25)20(26)19-8-5-13-27-19/h4,6-7,14,17,19H,5,8-13,15H2,1-3H3,(H,22,23). The number of nitrogens with one attached hydrogen (secondary N) is 1. The van der Waals surface area contributed by atoms with E-state index in [1.54, 1.807) is 0 Å². The first kappa shape index (κ1) is 19.7. The number of ether oxygens (including phenoxy) is 1. The van der Waals surface area contributed by atoms with Gasteiger partial charge in [0.2, 0.25) is 0 Å². The molecule has 1 amide bonds. The van der Waals surface area contributed by atoms with Gasteiger partial charge in [0.1, 0.15) is 6.10 Å². The van der Waals surface area contributed by atoms with E-state index in [9.17, 15) is 4.79 Å². The lowest BCUT2D eigenvalue weighted by molar-refractivity contribution is -0.142. The van der Waals surface area contributed by atoms with Crippen molar-refractivity contribution < 1.29 is 9.53 Å². The van der Waals surface area contributed by atoms with Crippen molar-refractivity contribution in [2.45, 2.75) is 38.7 Å². The molecule has 3 rings (SSSR count). The fraction of sp³-hybridized carbons (Fsp3) is 0.619. The van der Waals surface area contributed by atoms with E-state index in [1.165, 1.54) is 11.1 Å². The van der Waals surface area contributed by atoms with E-state index >= 15 is 0 Å². The molecular formula is C21H32N4O2. The van der Waals surface area contributed by atoms with Crippen molar-refractivity contribution in [3.8, 4) is 0 Å². The highest BCUT2D eigenvalue weighted by Gasteiger charge is 2.30. The maximum Gasteiger partial charge on any atom is 0.251 e. The van der Waals surface area contributed by atoms with Crippen LogP contribution in [0.3, 0.4) is 0 Å². The average molecular weight is 373 g/mol. The van der Waals surface area contributed by atoms with Crippen LogP contribution in [0.1, 0.15) is 36.8 Å². The zero-order valence-corrected chi connectivity index (χ0v) is 16.8. The number of hydrogen-bond donors (Lipinski definition) is 1. The van der Waals surface area contributed by atoms with Crippen LogP contribution < -0.4 is 5.32 Å². The van der Waals surface area contributed by atoms with Gasteiger partial charge in [-0.3, -0.25) is 9.79 Å². The van der Waals surface area contributed by atoms with Gasteiger partial charge in [-0.2, -0.15) is 0 Å². The summed E-state index contributed by atoms with van der Waals surface area (Å²) in [6.45, 7) is 8.97. The van der Waals surface area contributed by atoms with Crippen molar-refractivity contribution in [3.63, 3.8) is 0 Å². The van der Waals surface area contributed by atoms with Crippen molar-refractivity contribution in [2.24, 2.45) is 4.99 Å². The van der Waals surface area contributed by atoms with Crippen molar-refractivity contribution >= 4 is 11.9 Å². The van der Waals surface area contributed by atoms with E-state index in [0.717, 1.165) is 51.5 Å². The number of guanidine groups is 1. The minimum absolute atomic E-state index is 0.156. The number of aryl methyl sites for hydroxylation is 1. The number of amides is 1. The SMILES string of the molecule is CN=C(NCC(C)c1cccc(C)c1)N1CCN(C(=O)C2CCCO2)CC1. The van der Waals surface area contributed by atoms with Crippen molar-refractivity contribution in [1.82, 2.24) is 15.1 Å². The number of hydrogen-bond acceptors (Lipinski definition) is 3. The maximum atomic E-state index is 12.5. The van der Waals surface area contributed by atoms with Crippen LogP contribution in [0.25, 0.3) is 0 Å². The smallest absolute Gasteiger partial charge is 0.251 e. The first-order valence-electron chi connectivity index (χ1n) is 10.0. The second-order valence-corrected chi connectivity index (χ2v) is 7.56. The Morgan fingerprint density at radius 2 is 2.04 bits per heavy atom. The molecule has 148 valence electrons. The van der Waals surface area contributed by atoms with Gasteiger partial charge in [-0.05, 0) is 31.2 Å². The van der Waals surface area contributed by atoms with Crippen LogP contribution >= 0.6 is 0 Å². The fourth-order valence-electron chi connectivity index (χ4n) is 3.79. The van der Waals surface area contributed by atoms with Gasteiger partial charge in [0.15, 0.2) is 5.96 Å². The lowest BCUT2D eigenvalue weighted by Crippen LogP contribution is -2.55. The predicted molar refractivity (Wildman–Crippen MR) is 108 cm³/mol. The van der Waals surface area contributed by atoms with Crippen LogP contribution in [-0.2, 0) is 9.53 Å². The zero-order valence-electron chi connectivity index (χ0n) is 16.8. The molecule has 0 saturated carbocycles. The van der Waals surface area contributed by atoms with Gasteiger partial charge in [0.05, 0.1) is 0 Å². The number of carbonyl (C=O) groups is 1. The molecule has 2 unspecified atom stereocenters. The molecule has 27 heavy (non-hydrogen) atoms. The molecule has 1 N–H and O–H groups in total. The van der Waals surface area contributed by atoms with Gasteiger partial charge >= 0.3 is 0 Å². The molecule has 0 aromatic heterocycles. The third kappa shape index (κ3) is 5.01. The third-order valence-electron chi connectivity index (χ3n) is 5.49. The minimum Gasteiger partial charge on any atom is -0.368 e. The summed E-state index contributed by atoms with van der Waals surface area (Å²) in [5.41, 5.74) is 2.63. The van der Waals surface area contributed by atoms with Crippen LogP contribution in [0, 0.1) is 6.92 Å². The molecule has 6 nitrogen and oxygen atoms in total. The Bertz CT molecular complexity index is 662. The molecule has 0 aliphatic carbocycles. The van der Waals surface area contributed by atoms with E-state index in [-0.39, 0.29) is 12.0 Å². The molecule has 1 aromatic carbocycles. The Hall–Kier alpha value is -2.08. The van der Waals surface area contributed by atoms with Crippen molar-refractivity contribution in [1.29, 1.82) is 0 Å². The lowest BCUT2D eigenvalue weighted by Gasteiger charge is -2.37. The lowest BCUT2D eigenvalue weighted by atomic mass is 9.99. The second kappa shape index (κ2) is 9.22. The predicted octanol–water partition coefficient (Wildman–Crippen LogP) is 2.00. The monoisotopic (exact) mass is 372 g/mol. The summed E-state index contributed by atoms with van der Waals surface area (Å²) in [6, 6.07) is 8.66. The van der Waals surface area contributed by atoms with E-state index in [2.05, 4.69) is 53.3 Å². The zero-order chi connectivity index (χ0) is 19.2. The highest BCUT2D eigenvalue weighted by molar-refractivity contribution is 5.82. The molecule has 6 heteroatoms. The number of carbonyl (C=O) groups excluding carboxylic acids is 1. The summed E-state index contributed by atoms with van der Waals surface area (Å²) >= 11 is 0. The third-order valence-corrected chi connectivity index (χ3v) is 5.49. The Morgan fingerprint density at radius 3 is 2.67 bits per heavy atom. The molecule has 2 fully saturated rings. The van der Waals surface area contributed by atoms with Gasteiger partial charge in [-0.15, -0.1) is 0 Å². The van der Waals surface area contributed by atoms with Crippen LogP contribution in [0.5, 0.6) is 0 Å². The molecule has 2 saturated heterocycles. The molecule has 0 bridgehead atoms. The molecule has 1 aromatic rings. The summed E-state index contributed by atoms with van der Waals surface area (Å²) in [4.78, 5) is 21.1. The van der Waals surface area contributed by atoms with Gasteiger partial charge in [0.25, 0.3) is 5.91 Å². The highest BCUT2D eigenvalue weighted by atomic mass is 16.5. The van der Waals surface area contributed by atoms with Gasteiger partial charge in [-0.25, -0.2) is 0 Å². The van der Waals surface area contributed by atoms with Crippen molar-refractivity contribution in [3.05, 3.63) is 35.4 Å². The number of nitrogens with zero attached hydrogens (tertiary/aromatic N) is 3. The van der Waals surface area contributed by atoms with E-state index in [0.29, 0.717) is 12.5 Å². The quantitative estimate of drug-likeness (QED) is 0.649. The largest absolute Gasteiger partial charge is 0.368 e. The molecule has 0 radical (unpaired) electrons. The Labute approximate surface area is 162 Å². The van der Waals surface area contributed by atoms with Gasteiger partial charge in [0, 0.05) is 46.4 Å². The maximum absolute atomic E-state index is 12.5. The van der Waals surface area contributed by atoms with Gasteiger partial charge in [-0.1, -0.05) is 36.8 Å². The minimum atomic E-state index is -0.218. The number of piperazine rings is 1. The normalized spacial score (nSPS) is 22.0. The topological polar surface area (TPSA) is 57.2 Å².